The Morgan fingerprint density at radius 1 is 1.22 bits per heavy atom. The van der Waals surface area contributed by atoms with E-state index in [1.165, 1.54) is 23.9 Å². The van der Waals surface area contributed by atoms with Gasteiger partial charge in [0, 0.05) is 21.4 Å². The summed E-state index contributed by atoms with van der Waals surface area (Å²) >= 11 is 7.66. The molecule has 0 aliphatic heterocycles. The molecule has 0 amide bonds. The van der Waals surface area contributed by atoms with E-state index in [2.05, 4.69) is 0 Å². The highest BCUT2D eigenvalue weighted by atomic mass is 35.5. The van der Waals surface area contributed by atoms with Gasteiger partial charge in [-0.1, -0.05) is 23.7 Å². The van der Waals surface area contributed by atoms with E-state index in [4.69, 9.17) is 17.3 Å². The maximum Gasteiger partial charge on any atom is 0.126 e. The number of thioether (sulfide) groups is 1. The zero-order chi connectivity index (χ0) is 13.1. The third-order valence-electron chi connectivity index (χ3n) is 2.50. The summed E-state index contributed by atoms with van der Waals surface area (Å²) in [7, 11) is 0. The Morgan fingerprint density at radius 3 is 2.67 bits per heavy atom. The van der Waals surface area contributed by atoms with E-state index in [1.807, 2.05) is 25.1 Å². The second kappa shape index (κ2) is 5.63. The Kier molecular flexibility index (Phi) is 4.15. The lowest BCUT2D eigenvalue weighted by Crippen LogP contribution is -1.88. The number of nitrogens with two attached hydrogens (primary N) is 1. The fraction of sp³-hybridized carbons (Fsp3) is 0.143. The molecule has 0 atom stereocenters. The molecule has 2 aromatic rings. The first kappa shape index (κ1) is 13.2. The molecule has 0 fully saturated rings. The Balaban J connectivity index is 2.11. The van der Waals surface area contributed by atoms with Gasteiger partial charge in [-0.2, -0.15) is 0 Å². The minimum Gasteiger partial charge on any atom is -0.399 e. The normalized spacial score (nSPS) is 10.6. The van der Waals surface area contributed by atoms with E-state index < -0.39 is 0 Å². The monoisotopic (exact) mass is 281 g/mol. The molecule has 0 spiro atoms. The van der Waals surface area contributed by atoms with Crippen LogP contribution in [0.25, 0.3) is 0 Å². The zero-order valence-corrected chi connectivity index (χ0v) is 11.5. The molecule has 0 aliphatic rings. The third kappa shape index (κ3) is 3.40. The van der Waals surface area contributed by atoms with Crippen molar-refractivity contribution in [3.8, 4) is 0 Å². The number of benzene rings is 2. The summed E-state index contributed by atoms with van der Waals surface area (Å²) in [5, 5.41) is 0.742. The van der Waals surface area contributed by atoms with E-state index in [1.54, 1.807) is 6.07 Å². The second-order valence-electron chi connectivity index (χ2n) is 4.10. The van der Waals surface area contributed by atoms with Gasteiger partial charge >= 0.3 is 0 Å². The van der Waals surface area contributed by atoms with Crippen molar-refractivity contribution in [2.45, 2.75) is 17.6 Å². The van der Waals surface area contributed by atoms with Crippen LogP contribution in [0.1, 0.15) is 11.1 Å². The summed E-state index contributed by atoms with van der Waals surface area (Å²) in [5.41, 5.74) is 8.20. The van der Waals surface area contributed by atoms with Gasteiger partial charge in [-0.05, 0) is 42.3 Å². The van der Waals surface area contributed by atoms with E-state index in [0.29, 0.717) is 11.4 Å². The SMILES string of the molecule is Cc1ccc(CSc2cc(N)cc(F)c2)c(Cl)c1. The predicted molar refractivity (Wildman–Crippen MR) is 76.6 cm³/mol. The Labute approximate surface area is 115 Å². The summed E-state index contributed by atoms with van der Waals surface area (Å²) in [6.45, 7) is 2.00. The molecule has 0 heterocycles. The van der Waals surface area contributed by atoms with Crippen molar-refractivity contribution in [1.82, 2.24) is 0 Å². The summed E-state index contributed by atoms with van der Waals surface area (Å²) in [4.78, 5) is 0.809. The molecule has 0 radical (unpaired) electrons. The molecule has 18 heavy (non-hydrogen) atoms. The highest BCUT2D eigenvalue weighted by Crippen LogP contribution is 2.28. The first-order valence-corrected chi connectivity index (χ1v) is 6.85. The molecule has 0 aromatic heterocycles. The highest BCUT2D eigenvalue weighted by Gasteiger charge is 2.04. The van der Waals surface area contributed by atoms with Gasteiger partial charge in [0.25, 0.3) is 0 Å². The maximum absolute atomic E-state index is 13.2. The molecule has 1 nitrogen and oxygen atoms in total. The molecule has 0 saturated heterocycles. The summed E-state index contributed by atoms with van der Waals surface area (Å²) in [6, 6.07) is 10.5. The fourth-order valence-electron chi connectivity index (χ4n) is 1.60. The van der Waals surface area contributed by atoms with Gasteiger partial charge in [-0.15, -0.1) is 11.8 Å². The van der Waals surface area contributed by atoms with E-state index in [0.717, 1.165) is 21.0 Å². The lowest BCUT2D eigenvalue weighted by molar-refractivity contribution is 0.625. The van der Waals surface area contributed by atoms with Crippen LogP contribution in [-0.4, -0.2) is 0 Å². The van der Waals surface area contributed by atoms with Crippen LogP contribution in [0.3, 0.4) is 0 Å². The molecule has 0 saturated carbocycles. The minimum atomic E-state index is -0.312. The molecule has 2 rings (SSSR count). The van der Waals surface area contributed by atoms with Crippen LogP contribution in [0.4, 0.5) is 10.1 Å². The topological polar surface area (TPSA) is 26.0 Å². The second-order valence-corrected chi connectivity index (χ2v) is 5.56. The predicted octanol–water partition coefficient (Wildman–Crippen LogP) is 4.66. The number of halogens is 2. The van der Waals surface area contributed by atoms with Crippen LogP contribution in [0.15, 0.2) is 41.3 Å². The number of aryl methyl sites for hydroxylation is 1. The van der Waals surface area contributed by atoms with Crippen LogP contribution < -0.4 is 5.73 Å². The van der Waals surface area contributed by atoms with Crippen LogP contribution in [0.2, 0.25) is 5.02 Å². The largest absolute Gasteiger partial charge is 0.399 e. The Bertz CT molecular complexity index is 551. The number of nitrogen functional groups attached to an aromatic ring is 1. The van der Waals surface area contributed by atoms with Gasteiger partial charge < -0.3 is 5.73 Å². The van der Waals surface area contributed by atoms with Gasteiger partial charge in [-0.3, -0.25) is 0 Å². The lowest BCUT2D eigenvalue weighted by atomic mass is 10.2. The Morgan fingerprint density at radius 2 is 2.00 bits per heavy atom. The van der Waals surface area contributed by atoms with Gasteiger partial charge in [0.1, 0.15) is 5.82 Å². The highest BCUT2D eigenvalue weighted by molar-refractivity contribution is 7.98. The molecule has 94 valence electrons. The van der Waals surface area contributed by atoms with Crippen molar-refractivity contribution in [2.75, 3.05) is 5.73 Å². The van der Waals surface area contributed by atoms with E-state index >= 15 is 0 Å². The molecule has 0 aliphatic carbocycles. The van der Waals surface area contributed by atoms with Gasteiger partial charge in [0.2, 0.25) is 0 Å². The van der Waals surface area contributed by atoms with Gasteiger partial charge in [-0.25, -0.2) is 4.39 Å². The van der Waals surface area contributed by atoms with Crippen LogP contribution in [0, 0.1) is 12.7 Å². The molecule has 2 N–H and O–H groups in total. The average molecular weight is 282 g/mol. The number of hydrogen-bond donors (Lipinski definition) is 1. The van der Waals surface area contributed by atoms with Crippen molar-refractivity contribution in [2.24, 2.45) is 0 Å². The Hall–Kier alpha value is -1.19. The van der Waals surface area contributed by atoms with Gasteiger partial charge in [0.05, 0.1) is 0 Å². The molecule has 0 bridgehead atoms. The molecule has 2 aromatic carbocycles. The van der Waals surface area contributed by atoms with E-state index in [-0.39, 0.29) is 5.82 Å². The number of hydrogen-bond acceptors (Lipinski definition) is 2. The molecular weight excluding hydrogens is 269 g/mol. The molecular formula is C14H13ClFNS. The van der Waals surface area contributed by atoms with Crippen molar-refractivity contribution >= 4 is 29.1 Å². The van der Waals surface area contributed by atoms with E-state index in [9.17, 15) is 4.39 Å². The molecule has 0 unspecified atom stereocenters. The van der Waals surface area contributed by atoms with Crippen molar-refractivity contribution in [3.05, 3.63) is 58.4 Å². The zero-order valence-electron chi connectivity index (χ0n) is 9.91. The fourth-order valence-corrected chi connectivity index (χ4v) is 2.97. The minimum absolute atomic E-state index is 0.312. The molecule has 4 heteroatoms. The van der Waals surface area contributed by atoms with Crippen LogP contribution in [0.5, 0.6) is 0 Å². The van der Waals surface area contributed by atoms with Crippen molar-refractivity contribution in [3.63, 3.8) is 0 Å². The number of anilines is 1. The average Bonchev–Trinajstić information content (AvgIpc) is 2.26. The summed E-state index contributed by atoms with van der Waals surface area (Å²) in [5.74, 6) is 0.384. The van der Waals surface area contributed by atoms with Crippen LogP contribution >= 0.6 is 23.4 Å². The standard InChI is InChI=1S/C14H13ClFNS/c1-9-2-3-10(14(15)4-9)8-18-13-6-11(16)5-12(17)7-13/h2-7H,8,17H2,1H3. The summed E-state index contributed by atoms with van der Waals surface area (Å²) < 4.78 is 13.2. The summed E-state index contributed by atoms with van der Waals surface area (Å²) in [6.07, 6.45) is 0. The first-order chi connectivity index (χ1) is 8.54. The lowest BCUT2D eigenvalue weighted by Gasteiger charge is -2.06. The smallest absolute Gasteiger partial charge is 0.126 e. The number of rotatable bonds is 3. The van der Waals surface area contributed by atoms with Crippen LogP contribution in [-0.2, 0) is 5.75 Å². The van der Waals surface area contributed by atoms with Crippen molar-refractivity contribution in [1.29, 1.82) is 0 Å². The van der Waals surface area contributed by atoms with Crippen molar-refractivity contribution < 1.29 is 4.39 Å². The first-order valence-electron chi connectivity index (χ1n) is 5.48. The van der Waals surface area contributed by atoms with Gasteiger partial charge in [0.15, 0.2) is 0 Å². The maximum atomic E-state index is 13.2. The third-order valence-corrected chi connectivity index (χ3v) is 3.87. The quantitative estimate of drug-likeness (QED) is 0.654.